The van der Waals surface area contributed by atoms with E-state index >= 15 is 0 Å². The Kier molecular flexibility index (Phi) is 4.53. The van der Waals surface area contributed by atoms with Gasteiger partial charge < -0.3 is 4.74 Å². The molecular weight excluding hydrogens is 309 g/mol. The minimum atomic E-state index is -0.661. The first-order valence-electron chi connectivity index (χ1n) is 5.24. The molecule has 19 heavy (non-hydrogen) atoms. The Morgan fingerprint density at radius 3 is 2.42 bits per heavy atom. The van der Waals surface area contributed by atoms with Crippen LogP contribution in [-0.4, -0.2) is 6.09 Å². The predicted molar refractivity (Wildman–Crippen MR) is 77.6 cm³/mol. The van der Waals surface area contributed by atoms with Crippen molar-refractivity contribution in [2.75, 3.05) is 5.32 Å². The van der Waals surface area contributed by atoms with Gasteiger partial charge in [-0.15, -0.1) is 0 Å². The van der Waals surface area contributed by atoms with Gasteiger partial charge in [0.1, 0.15) is 0 Å². The van der Waals surface area contributed by atoms with Crippen molar-refractivity contribution in [3.8, 4) is 5.75 Å². The summed E-state index contributed by atoms with van der Waals surface area (Å²) in [4.78, 5) is 11.7. The topological polar surface area (TPSA) is 38.3 Å². The van der Waals surface area contributed by atoms with Crippen molar-refractivity contribution in [1.82, 2.24) is 0 Å². The van der Waals surface area contributed by atoms with Crippen LogP contribution in [0.15, 0.2) is 42.5 Å². The number of nitrogens with one attached hydrogen (secondary N) is 1. The third kappa shape index (κ3) is 4.03. The van der Waals surface area contributed by atoms with Gasteiger partial charge in [0.15, 0.2) is 5.75 Å². The SMILES string of the molecule is O=C(Nc1cccc(Cl)c1)Oc1ccc(Cl)cc1Cl. The first kappa shape index (κ1) is 14.0. The van der Waals surface area contributed by atoms with Crippen LogP contribution in [0.1, 0.15) is 0 Å². The molecule has 0 fully saturated rings. The Morgan fingerprint density at radius 1 is 1.00 bits per heavy atom. The molecule has 0 unspecified atom stereocenters. The maximum Gasteiger partial charge on any atom is 0.417 e. The number of rotatable bonds is 2. The van der Waals surface area contributed by atoms with Crippen molar-refractivity contribution in [3.05, 3.63) is 57.5 Å². The number of carbonyl (C=O) groups is 1. The van der Waals surface area contributed by atoms with Gasteiger partial charge in [-0.05, 0) is 36.4 Å². The third-order valence-electron chi connectivity index (χ3n) is 2.17. The highest BCUT2D eigenvalue weighted by Crippen LogP contribution is 2.27. The fraction of sp³-hybridized carbons (Fsp3) is 0. The van der Waals surface area contributed by atoms with E-state index in [0.29, 0.717) is 15.7 Å². The summed E-state index contributed by atoms with van der Waals surface area (Å²) >= 11 is 17.4. The van der Waals surface area contributed by atoms with E-state index in [0.717, 1.165) is 0 Å². The van der Waals surface area contributed by atoms with Crippen LogP contribution in [0.3, 0.4) is 0 Å². The second-order valence-electron chi connectivity index (χ2n) is 3.60. The highest BCUT2D eigenvalue weighted by molar-refractivity contribution is 6.35. The van der Waals surface area contributed by atoms with Crippen LogP contribution < -0.4 is 10.1 Å². The molecule has 6 heteroatoms. The molecule has 0 saturated carbocycles. The average molecular weight is 317 g/mol. The molecule has 0 spiro atoms. The van der Waals surface area contributed by atoms with Gasteiger partial charge >= 0.3 is 6.09 Å². The minimum absolute atomic E-state index is 0.227. The summed E-state index contributed by atoms with van der Waals surface area (Å²) in [5, 5.41) is 3.78. The largest absolute Gasteiger partial charge is 0.417 e. The molecule has 1 amide bonds. The van der Waals surface area contributed by atoms with Crippen LogP contribution in [0.2, 0.25) is 15.1 Å². The summed E-state index contributed by atoms with van der Waals surface area (Å²) in [6.45, 7) is 0. The van der Waals surface area contributed by atoms with E-state index < -0.39 is 6.09 Å². The maximum atomic E-state index is 11.7. The Bertz CT molecular complexity index is 617. The highest BCUT2D eigenvalue weighted by Gasteiger charge is 2.09. The first-order valence-corrected chi connectivity index (χ1v) is 6.37. The lowest BCUT2D eigenvalue weighted by Gasteiger charge is -2.08. The Morgan fingerprint density at radius 2 is 1.74 bits per heavy atom. The van der Waals surface area contributed by atoms with Crippen molar-refractivity contribution in [2.24, 2.45) is 0 Å². The van der Waals surface area contributed by atoms with Crippen molar-refractivity contribution in [1.29, 1.82) is 0 Å². The van der Waals surface area contributed by atoms with Gasteiger partial charge in [0.2, 0.25) is 0 Å². The first-order chi connectivity index (χ1) is 9.04. The van der Waals surface area contributed by atoms with E-state index in [4.69, 9.17) is 39.5 Å². The molecule has 0 aliphatic heterocycles. The molecule has 2 aromatic carbocycles. The van der Waals surface area contributed by atoms with Gasteiger partial charge in [0.25, 0.3) is 0 Å². The monoisotopic (exact) mass is 315 g/mol. The zero-order valence-corrected chi connectivity index (χ0v) is 11.8. The summed E-state index contributed by atoms with van der Waals surface area (Å²) in [6, 6.07) is 11.3. The summed E-state index contributed by atoms with van der Waals surface area (Å²) in [5.74, 6) is 0.227. The molecule has 0 atom stereocenters. The van der Waals surface area contributed by atoms with Gasteiger partial charge in [0, 0.05) is 15.7 Å². The summed E-state index contributed by atoms with van der Waals surface area (Å²) < 4.78 is 5.06. The number of benzene rings is 2. The summed E-state index contributed by atoms with van der Waals surface area (Å²) in [5.41, 5.74) is 0.530. The molecule has 3 nitrogen and oxygen atoms in total. The van der Waals surface area contributed by atoms with E-state index in [9.17, 15) is 4.79 Å². The molecule has 0 saturated heterocycles. The second kappa shape index (κ2) is 6.15. The molecule has 0 heterocycles. The maximum absolute atomic E-state index is 11.7. The van der Waals surface area contributed by atoms with E-state index in [1.165, 1.54) is 12.1 Å². The fourth-order valence-corrected chi connectivity index (χ4v) is 2.00. The van der Waals surface area contributed by atoms with Gasteiger partial charge in [0.05, 0.1) is 5.02 Å². The number of hydrogen-bond donors (Lipinski definition) is 1. The lowest BCUT2D eigenvalue weighted by atomic mass is 10.3. The lowest BCUT2D eigenvalue weighted by Crippen LogP contribution is -2.16. The number of ether oxygens (including phenoxy) is 1. The van der Waals surface area contributed by atoms with Crippen molar-refractivity contribution >= 4 is 46.6 Å². The summed E-state index contributed by atoms with van der Waals surface area (Å²) in [6.07, 6.45) is -0.661. The Labute approximate surface area is 125 Å². The van der Waals surface area contributed by atoms with Crippen LogP contribution in [0.5, 0.6) is 5.75 Å². The highest BCUT2D eigenvalue weighted by atomic mass is 35.5. The van der Waals surface area contributed by atoms with Gasteiger partial charge in [-0.1, -0.05) is 40.9 Å². The lowest BCUT2D eigenvalue weighted by molar-refractivity contribution is 0.215. The van der Waals surface area contributed by atoms with Crippen LogP contribution in [0.4, 0.5) is 10.5 Å². The molecular formula is C13H8Cl3NO2. The average Bonchev–Trinajstić information content (AvgIpc) is 2.33. The number of anilines is 1. The zero-order valence-electron chi connectivity index (χ0n) is 9.49. The molecule has 0 bridgehead atoms. The second-order valence-corrected chi connectivity index (χ2v) is 4.88. The number of carbonyl (C=O) groups excluding carboxylic acids is 1. The molecule has 2 aromatic rings. The van der Waals surface area contributed by atoms with Crippen molar-refractivity contribution < 1.29 is 9.53 Å². The predicted octanol–water partition coefficient (Wildman–Crippen LogP) is 5.26. The van der Waals surface area contributed by atoms with Gasteiger partial charge in [-0.25, -0.2) is 4.79 Å². The molecule has 0 aliphatic carbocycles. The third-order valence-corrected chi connectivity index (χ3v) is 2.93. The Balaban J connectivity index is 2.05. The molecule has 1 N–H and O–H groups in total. The molecule has 0 aliphatic rings. The molecule has 98 valence electrons. The van der Waals surface area contributed by atoms with E-state index in [-0.39, 0.29) is 10.8 Å². The van der Waals surface area contributed by atoms with E-state index in [2.05, 4.69) is 5.32 Å². The fourth-order valence-electron chi connectivity index (χ4n) is 1.37. The molecule has 2 rings (SSSR count). The van der Waals surface area contributed by atoms with Crippen LogP contribution in [0, 0.1) is 0 Å². The minimum Gasteiger partial charge on any atom is -0.409 e. The smallest absolute Gasteiger partial charge is 0.409 e. The van der Waals surface area contributed by atoms with Crippen LogP contribution in [0.25, 0.3) is 0 Å². The Hall–Kier alpha value is -1.42. The quantitative estimate of drug-likeness (QED) is 0.821. The van der Waals surface area contributed by atoms with Crippen LogP contribution >= 0.6 is 34.8 Å². The molecule has 0 aromatic heterocycles. The van der Waals surface area contributed by atoms with Crippen LogP contribution in [-0.2, 0) is 0 Å². The normalized spacial score (nSPS) is 10.1. The van der Waals surface area contributed by atoms with E-state index in [1.54, 1.807) is 30.3 Å². The van der Waals surface area contributed by atoms with Crippen molar-refractivity contribution in [3.63, 3.8) is 0 Å². The van der Waals surface area contributed by atoms with E-state index in [1.807, 2.05) is 0 Å². The van der Waals surface area contributed by atoms with Gasteiger partial charge in [-0.3, -0.25) is 5.32 Å². The molecule has 0 radical (unpaired) electrons. The zero-order chi connectivity index (χ0) is 13.8. The standard InChI is InChI=1S/C13H8Cl3NO2/c14-8-2-1-3-10(6-8)17-13(18)19-12-5-4-9(15)7-11(12)16/h1-7H,(H,17,18). The number of halogens is 3. The number of amides is 1. The van der Waals surface area contributed by atoms with Gasteiger partial charge in [-0.2, -0.15) is 0 Å². The number of hydrogen-bond acceptors (Lipinski definition) is 2. The van der Waals surface area contributed by atoms with Crippen molar-refractivity contribution in [2.45, 2.75) is 0 Å². The summed E-state index contributed by atoms with van der Waals surface area (Å²) in [7, 11) is 0.